The zero-order valence-electron chi connectivity index (χ0n) is 19.5. The fraction of sp³-hybridized carbons (Fsp3) is 0.259. The summed E-state index contributed by atoms with van der Waals surface area (Å²) in [4.78, 5) is 47.7. The number of benzene rings is 2. The van der Waals surface area contributed by atoms with Crippen LogP contribution in [0.3, 0.4) is 0 Å². The minimum atomic E-state index is -1.67. The number of para-hydroxylation sites is 1. The molecule has 3 aromatic rings. The number of pyridine rings is 1. The molecule has 5 rings (SSSR count). The molecule has 0 aliphatic carbocycles. The van der Waals surface area contributed by atoms with Gasteiger partial charge in [-0.2, -0.15) is 0 Å². The van der Waals surface area contributed by atoms with E-state index in [0.717, 1.165) is 0 Å². The minimum absolute atomic E-state index is 0.327. The van der Waals surface area contributed by atoms with Crippen LogP contribution in [0.15, 0.2) is 72.9 Å². The summed E-state index contributed by atoms with van der Waals surface area (Å²) in [5, 5.41) is 3.54. The summed E-state index contributed by atoms with van der Waals surface area (Å²) in [6.07, 6.45) is 1.58. The predicted octanol–water partition coefficient (Wildman–Crippen LogP) is 4.21. The van der Waals surface area contributed by atoms with Gasteiger partial charge in [-0.3, -0.25) is 24.3 Å². The van der Waals surface area contributed by atoms with Gasteiger partial charge in [0.05, 0.1) is 5.69 Å². The Morgan fingerprint density at radius 1 is 1.03 bits per heavy atom. The first-order valence-corrected chi connectivity index (χ1v) is 11.7. The molecule has 8 heteroatoms. The topological polar surface area (TPSA) is 88.6 Å². The third kappa shape index (κ3) is 3.58. The van der Waals surface area contributed by atoms with Gasteiger partial charge in [-0.05, 0) is 63.2 Å². The number of anilines is 1. The number of ether oxygens (including phenoxy) is 1. The highest BCUT2D eigenvalue weighted by Gasteiger charge is 2.69. The molecule has 3 atom stereocenters. The molecule has 3 heterocycles. The van der Waals surface area contributed by atoms with Gasteiger partial charge in [-0.25, -0.2) is 0 Å². The van der Waals surface area contributed by atoms with Gasteiger partial charge in [-0.15, -0.1) is 0 Å². The van der Waals surface area contributed by atoms with Gasteiger partial charge in [-0.1, -0.05) is 35.9 Å². The fourth-order valence-corrected chi connectivity index (χ4v) is 5.18. The summed E-state index contributed by atoms with van der Waals surface area (Å²) in [7, 11) is 0. The maximum Gasteiger partial charge on any atom is 0.324 e. The van der Waals surface area contributed by atoms with Gasteiger partial charge in [0, 0.05) is 33.9 Å². The molecule has 0 bridgehead atoms. The van der Waals surface area contributed by atoms with Crippen molar-refractivity contribution in [3.8, 4) is 5.75 Å². The molecule has 1 N–H and O–H groups in total. The molecular weight excluding hydrogens is 466 g/mol. The molecule has 1 aromatic heterocycles. The van der Waals surface area contributed by atoms with Crippen LogP contribution in [0, 0.1) is 5.92 Å². The maximum absolute atomic E-state index is 14.4. The lowest BCUT2D eigenvalue weighted by Crippen LogP contribution is -2.60. The van der Waals surface area contributed by atoms with Crippen molar-refractivity contribution in [3.05, 3.63) is 89.2 Å². The molecule has 0 saturated carbocycles. The molecular formula is C27H24ClN3O4. The third-order valence-electron chi connectivity index (χ3n) is 6.32. The number of nitrogens with zero attached hydrogens (tertiary/aromatic N) is 2. The smallest absolute Gasteiger partial charge is 0.324 e. The molecule has 2 aromatic carbocycles. The van der Waals surface area contributed by atoms with Crippen LogP contribution in [-0.2, 0) is 19.9 Å². The van der Waals surface area contributed by atoms with E-state index in [-0.39, 0.29) is 0 Å². The fourth-order valence-electron chi connectivity index (χ4n) is 5.06. The number of nitrogens with one attached hydrogen (secondary N) is 1. The maximum atomic E-state index is 14.4. The molecule has 7 nitrogen and oxygen atoms in total. The van der Waals surface area contributed by atoms with Crippen LogP contribution in [0.2, 0.25) is 5.02 Å². The summed E-state index contributed by atoms with van der Waals surface area (Å²) < 4.78 is 5.57. The largest absolute Gasteiger partial charge is 0.426 e. The summed E-state index contributed by atoms with van der Waals surface area (Å²) in [6, 6.07) is 18.8. The number of fused-ring (bicyclic) bond motifs is 3. The van der Waals surface area contributed by atoms with E-state index in [1.165, 1.54) is 4.90 Å². The van der Waals surface area contributed by atoms with Crippen LogP contribution in [0.5, 0.6) is 5.75 Å². The van der Waals surface area contributed by atoms with Crippen molar-refractivity contribution < 1.29 is 19.1 Å². The van der Waals surface area contributed by atoms with Crippen LogP contribution >= 0.6 is 11.6 Å². The Kier molecular flexibility index (Phi) is 5.40. The number of amides is 2. The van der Waals surface area contributed by atoms with Crippen LogP contribution in [0.4, 0.5) is 5.69 Å². The van der Waals surface area contributed by atoms with E-state index >= 15 is 0 Å². The highest BCUT2D eigenvalue weighted by Crippen LogP contribution is 2.57. The summed E-state index contributed by atoms with van der Waals surface area (Å²) >= 11 is 6.14. The average molecular weight is 490 g/mol. The second kappa shape index (κ2) is 8.20. The van der Waals surface area contributed by atoms with E-state index in [1.54, 1.807) is 72.9 Å². The Balaban J connectivity index is 1.88. The SMILES string of the molecule is CC(C)(C)NC(=O)[C@@]1(c2ccccn2)[C@@H]2c3ccccc3OC(=O)[C@H]2C(=O)N1c1ccc(Cl)cc1. The minimum Gasteiger partial charge on any atom is -0.426 e. The number of carbonyl (C=O) groups excluding carboxylic acids is 3. The number of hydrogen-bond acceptors (Lipinski definition) is 5. The first-order chi connectivity index (χ1) is 16.6. The van der Waals surface area contributed by atoms with E-state index in [1.807, 2.05) is 20.8 Å². The van der Waals surface area contributed by atoms with Crippen LogP contribution in [0.25, 0.3) is 0 Å². The number of carbonyl (C=O) groups is 3. The van der Waals surface area contributed by atoms with Crippen molar-refractivity contribution in [1.29, 1.82) is 0 Å². The van der Waals surface area contributed by atoms with Crippen molar-refractivity contribution in [2.24, 2.45) is 5.92 Å². The van der Waals surface area contributed by atoms with Gasteiger partial charge in [0.15, 0.2) is 5.54 Å². The number of aromatic nitrogens is 1. The Morgan fingerprint density at radius 2 is 1.71 bits per heavy atom. The Bertz CT molecular complexity index is 1320. The van der Waals surface area contributed by atoms with E-state index in [4.69, 9.17) is 16.3 Å². The predicted molar refractivity (Wildman–Crippen MR) is 131 cm³/mol. The highest BCUT2D eigenvalue weighted by atomic mass is 35.5. The van der Waals surface area contributed by atoms with Crippen LogP contribution in [0.1, 0.15) is 37.9 Å². The Morgan fingerprint density at radius 3 is 2.37 bits per heavy atom. The van der Waals surface area contributed by atoms with E-state index < -0.39 is 40.7 Å². The van der Waals surface area contributed by atoms with E-state index in [9.17, 15) is 14.4 Å². The van der Waals surface area contributed by atoms with Crippen LogP contribution in [-0.4, -0.2) is 28.3 Å². The van der Waals surface area contributed by atoms with Crippen molar-refractivity contribution in [2.45, 2.75) is 37.8 Å². The molecule has 178 valence electrons. The molecule has 2 amide bonds. The lowest BCUT2D eigenvalue weighted by atomic mass is 9.70. The molecule has 35 heavy (non-hydrogen) atoms. The highest BCUT2D eigenvalue weighted by molar-refractivity contribution is 6.30. The molecule has 0 unspecified atom stereocenters. The van der Waals surface area contributed by atoms with Gasteiger partial charge in [0.1, 0.15) is 11.7 Å². The van der Waals surface area contributed by atoms with Gasteiger partial charge < -0.3 is 10.1 Å². The van der Waals surface area contributed by atoms with Crippen molar-refractivity contribution in [3.63, 3.8) is 0 Å². The Labute approximate surface area is 208 Å². The zero-order valence-corrected chi connectivity index (χ0v) is 20.2. The molecule has 0 radical (unpaired) electrons. The summed E-state index contributed by atoms with van der Waals surface area (Å²) in [5.74, 6) is -3.45. The number of hydrogen-bond donors (Lipinski definition) is 1. The lowest BCUT2D eigenvalue weighted by Gasteiger charge is -2.43. The number of esters is 1. The molecule has 2 aliphatic heterocycles. The van der Waals surface area contributed by atoms with Crippen molar-refractivity contribution in [1.82, 2.24) is 10.3 Å². The summed E-state index contributed by atoms with van der Waals surface area (Å²) in [6.45, 7) is 5.59. The second-order valence-corrected chi connectivity index (χ2v) is 10.2. The molecule has 1 fully saturated rings. The standard InChI is InChI=1S/C27H24ClN3O4/c1-26(2,3)30-25(34)27(20-10-6-7-15-29-20)22-18-8-4-5-9-19(18)35-24(33)21(22)23(32)31(27)17-13-11-16(28)12-14-17/h4-15,21-22H,1-3H3,(H,30,34)/t21-,22-,27-/m1/s1. The van der Waals surface area contributed by atoms with Gasteiger partial charge >= 0.3 is 5.97 Å². The van der Waals surface area contributed by atoms with E-state index in [2.05, 4.69) is 10.3 Å². The Hall–Kier alpha value is -3.71. The van der Waals surface area contributed by atoms with Gasteiger partial charge in [0.2, 0.25) is 5.91 Å². The first kappa shape index (κ1) is 23.1. The van der Waals surface area contributed by atoms with Crippen LogP contribution < -0.4 is 15.0 Å². The normalized spacial score (nSPS) is 23.4. The average Bonchev–Trinajstić information content (AvgIpc) is 3.10. The first-order valence-electron chi connectivity index (χ1n) is 11.3. The lowest BCUT2D eigenvalue weighted by molar-refractivity contribution is -0.144. The zero-order chi connectivity index (χ0) is 25.0. The molecule has 1 saturated heterocycles. The quantitative estimate of drug-likeness (QED) is 0.338. The number of halogens is 1. The van der Waals surface area contributed by atoms with Crippen molar-refractivity contribution in [2.75, 3.05) is 4.90 Å². The van der Waals surface area contributed by atoms with E-state index in [0.29, 0.717) is 27.7 Å². The number of rotatable bonds is 3. The monoisotopic (exact) mass is 489 g/mol. The molecule has 2 aliphatic rings. The molecule has 0 spiro atoms. The van der Waals surface area contributed by atoms with Gasteiger partial charge in [0.25, 0.3) is 5.91 Å². The second-order valence-electron chi connectivity index (χ2n) is 9.75. The van der Waals surface area contributed by atoms with Crippen molar-refractivity contribution >= 4 is 35.1 Å². The third-order valence-corrected chi connectivity index (χ3v) is 6.57. The summed E-state index contributed by atoms with van der Waals surface area (Å²) in [5.41, 5.74) is -0.924.